The molecule has 0 heterocycles. The lowest BCUT2D eigenvalue weighted by atomic mass is 10.2. The molecule has 1 N–H and O–H groups in total. The summed E-state index contributed by atoms with van der Waals surface area (Å²) in [7, 11) is 0. The van der Waals surface area contributed by atoms with Crippen LogP contribution in [0.1, 0.15) is 20.3 Å². The summed E-state index contributed by atoms with van der Waals surface area (Å²) >= 11 is 0. The van der Waals surface area contributed by atoms with Gasteiger partial charge in [0.25, 0.3) is 0 Å². The lowest BCUT2D eigenvalue weighted by Gasteiger charge is -1.98. The van der Waals surface area contributed by atoms with Crippen molar-refractivity contribution >= 4 is 5.97 Å². The Morgan fingerprint density at radius 1 is 1.64 bits per heavy atom. The highest BCUT2D eigenvalue weighted by atomic mass is 16.5. The van der Waals surface area contributed by atoms with Crippen molar-refractivity contribution in [3.63, 3.8) is 0 Å². The number of carbonyl (C=O) groups is 1. The monoisotopic (exact) mass is 158 g/mol. The highest BCUT2D eigenvalue weighted by molar-refractivity contribution is 5.81. The van der Waals surface area contributed by atoms with Gasteiger partial charge in [0, 0.05) is 6.08 Å². The highest BCUT2D eigenvalue weighted by Gasteiger charge is 1.96. The Kier molecular flexibility index (Phi) is 5.47. The van der Waals surface area contributed by atoms with Crippen LogP contribution in [0.15, 0.2) is 12.2 Å². The van der Waals surface area contributed by atoms with E-state index in [0.29, 0.717) is 13.0 Å². The molecule has 3 heteroatoms. The first kappa shape index (κ1) is 10.2. The molecular weight excluding hydrogens is 144 g/mol. The van der Waals surface area contributed by atoms with E-state index in [1.165, 1.54) is 12.2 Å². The molecule has 0 saturated heterocycles. The minimum atomic E-state index is -0.542. The van der Waals surface area contributed by atoms with Gasteiger partial charge in [-0.2, -0.15) is 0 Å². The number of carbonyl (C=O) groups excluding carboxylic acids is 1. The summed E-state index contributed by atoms with van der Waals surface area (Å²) in [6, 6.07) is 0. The van der Waals surface area contributed by atoms with Crippen molar-refractivity contribution in [3.05, 3.63) is 12.2 Å². The van der Waals surface area contributed by atoms with Crippen molar-refractivity contribution in [1.29, 1.82) is 0 Å². The Morgan fingerprint density at radius 2 is 2.27 bits per heavy atom. The van der Waals surface area contributed by atoms with Crippen molar-refractivity contribution in [2.75, 3.05) is 6.61 Å². The predicted molar refractivity (Wildman–Crippen MR) is 42.1 cm³/mol. The number of aliphatic hydroxyl groups excluding tert-OH is 1. The third-order valence-electron chi connectivity index (χ3n) is 1.16. The van der Waals surface area contributed by atoms with E-state index in [1.807, 2.05) is 6.92 Å². The van der Waals surface area contributed by atoms with Crippen LogP contribution in [-0.2, 0) is 9.53 Å². The van der Waals surface area contributed by atoms with Crippen LogP contribution in [0, 0.1) is 0 Å². The third kappa shape index (κ3) is 5.61. The number of hydrogen-bond donors (Lipinski definition) is 1. The second-order valence-electron chi connectivity index (χ2n) is 2.09. The van der Waals surface area contributed by atoms with Crippen molar-refractivity contribution in [2.24, 2.45) is 0 Å². The number of esters is 1. The second kappa shape index (κ2) is 5.92. The van der Waals surface area contributed by atoms with E-state index in [4.69, 9.17) is 5.11 Å². The van der Waals surface area contributed by atoms with Crippen molar-refractivity contribution < 1.29 is 14.6 Å². The molecule has 0 aliphatic heterocycles. The van der Waals surface area contributed by atoms with Crippen LogP contribution in [0.5, 0.6) is 0 Å². The van der Waals surface area contributed by atoms with Crippen molar-refractivity contribution in [3.8, 4) is 0 Å². The van der Waals surface area contributed by atoms with Crippen LogP contribution in [0.25, 0.3) is 0 Å². The summed E-state index contributed by atoms with van der Waals surface area (Å²) in [5.74, 6) is -0.403. The standard InChI is InChI=1S/C8H14O3/c1-3-7(9)5-6-8(10)11-4-2/h5-7,9H,3-4H2,1-2H3/b6-5+. The van der Waals surface area contributed by atoms with Gasteiger partial charge in [-0.1, -0.05) is 6.92 Å². The molecule has 0 rings (SSSR count). The summed E-state index contributed by atoms with van der Waals surface area (Å²) in [6.45, 7) is 3.94. The van der Waals surface area contributed by atoms with E-state index in [-0.39, 0.29) is 0 Å². The first-order chi connectivity index (χ1) is 5.20. The molecule has 64 valence electrons. The minimum Gasteiger partial charge on any atom is -0.463 e. The van der Waals surface area contributed by atoms with Gasteiger partial charge >= 0.3 is 5.97 Å². The van der Waals surface area contributed by atoms with E-state index in [9.17, 15) is 4.79 Å². The summed E-state index contributed by atoms with van der Waals surface area (Å²) in [5.41, 5.74) is 0. The predicted octanol–water partition coefficient (Wildman–Crippen LogP) is 0.877. The van der Waals surface area contributed by atoms with Gasteiger partial charge < -0.3 is 9.84 Å². The summed E-state index contributed by atoms with van der Waals surface area (Å²) < 4.78 is 4.60. The van der Waals surface area contributed by atoms with Crippen molar-refractivity contribution in [2.45, 2.75) is 26.4 Å². The van der Waals surface area contributed by atoms with Gasteiger partial charge in [-0.05, 0) is 19.4 Å². The Balaban J connectivity index is 3.63. The molecule has 0 amide bonds. The van der Waals surface area contributed by atoms with Gasteiger partial charge in [0.2, 0.25) is 0 Å². The molecule has 0 aromatic rings. The molecule has 0 radical (unpaired) electrons. The zero-order valence-electron chi connectivity index (χ0n) is 6.91. The molecule has 0 fully saturated rings. The fourth-order valence-electron chi connectivity index (χ4n) is 0.516. The number of ether oxygens (including phenoxy) is 1. The first-order valence-corrected chi connectivity index (χ1v) is 3.73. The lowest BCUT2D eigenvalue weighted by Crippen LogP contribution is -2.03. The Bertz CT molecular complexity index is 140. The molecule has 1 atom stereocenters. The molecule has 0 aliphatic rings. The zero-order valence-corrected chi connectivity index (χ0v) is 6.91. The molecular formula is C8H14O3. The summed E-state index contributed by atoms with van der Waals surface area (Å²) in [6.07, 6.45) is 2.74. The van der Waals surface area contributed by atoms with Crippen LogP contribution in [0.4, 0.5) is 0 Å². The average molecular weight is 158 g/mol. The zero-order chi connectivity index (χ0) is 8.69. The van der Waals surface area contributed by atoms with Gasteiger partial charge in [-0.15, -0.1) is 0 Å². The van der Waals surface area contributed by atoms with Gasteiger partial charge in [0.05, 0.1) is 12.7 Å². The van der Waals surface area contributed by atoms with E-state index in [1.54, 1.807) is 6.92 Å². The number of aliphatic hydroxyl groups is 1. The number of rotatable bonds is 4. The topological polar surface area (TPSA) is 46.5 Å². The highest BCUT2D eigenvalue weighted by Crippen LogP contribution is 1.92. The number of hydrogen-bond acceptors (Lipinski definition) is 3. The third-order valence-corrected chi connectivity index (χ3v) is 1.16. The molecule has 0 saturated carbocycles. The maximum absolute atomic E-state index is 10.6. The van der Waals surface area contributed by atoms with Crippen LogP contribution < -0.4 is 0 Å². The van der Waals surface area contributed by atoms with Gasteiger partial charge in [0.1, 0.15) is 0 Å². The van der Waals surface area contributed by atoms with E-state index >= 15 is 0 Å². The quantitative estimate of drug-likeness (QED) is 0.488. The van der Waals surface area contributed by atoms with E-state index in [2.05, 4.69) is 4.74 Å². The SMILES string of the molecule is CCOC(=O)/C=C/C(O)CC. The van der Waals surface area contributed by atoms with E-state index < -0.39 is 12.1 Å². The van der Waals surface area contributed by atoms with Crippen LogP contribution >= 0.6 is 0 Å². The second-order valence-corrected chi connectivity index (χ2v) is 2.09. The van der Waals surface area contributed by atoms with E-state index in [0.717, 1.165) is 0 Å². The van der Waals surface area contributed by atoms with Crippen LogP contribution in [0.3, 0.4) is 0 Å². The summed E-state index contributed by atoms with van der Waals surface area (Å²) in [4.78, 5) is 10.6. The molecule has 0 bridgehead atoms. The Hall–Kier alpha value is -0.830. The fraction of sp³-hybridized carbons (Fsp3) is 0.625. The minimum absolute atomic E-state index is 0.366. The fourth-order valence-corrected chi connectivity index (χ4v) is 0.516. The lowest BCUT2D eigenvalue weighted by molar-refractivity contribution is -0.137. The maximum Gasteiger partial charge on any atom is 0.330 e. The van der Waals surface area contributed by atoms with Gasteiger partial charge in [-0.25, -0.2) is 4.79 Å². The average Bonchev–Trinajstić information content (AvgIpc) is 2.01. The Labute approximate surface area is 66.7 Å². The first-order valence-electron chi connectivity index (χ1n) is 3.73. The van der Waals surface area contributed by atoms with Gasteiger partial charge in [0.15, 0.2) is 0 Å². The van der Waals surface area contributed by atoms with Crippen LogP contribution in [0.2, 0.25) is 0 Å². The van der Waals surface area contributed by atoms with Crippen LogP contribution in [-0.4, -0.2) is 23.8 Å². The Morgan fingerprint density at radius 3 is 2.73 bits per heavy atom. The molecule has 0 aromatic heterocycles. The molecule has 0 aromatic carbocycles. The normalized spacial score (nSPS) is 13.4. The molecule has 1 unspecified atom stereocenters. The summed E-state index contributed by atoms with van der Waals surface area (Å²) in [5, 5.41) is 8.98. The maximum atomic E-state index is 10.6. The smallest absolute Gasteiger partial charge is 0.330 e. The molecule has 3 nitrogen and oxygen atoms in total. The van der Waals surface area contributed by atoms with Crippen molar-refractivity contribution in [1.82, 2.24) is 0 Å². The molecule has 0 spiro atoms. The molecule has 0 aliphatic carbocycles. The van der Waals surface area contributed by atoms with Gasteiger partial charge in [-0.3, -0.25) is 0 Å². The largest absolute Gasteiger partial charge is 0.463 e. The molecule has 11 heavy (non-hydrogen) atoms.